The smallest absolute Gasteiger partial charge is 0.322 e. The molecule has 7 heteroatoms. The van der Waals surface area contributed by atoms with Gasteiger partial charge in [-0.3, -0.25) is 0 Å². The van der Waals surface area contributed by atoms with E-state index >= 15 is 0 Å². The van der Waals surface area contributed by atoms with Gasteiger partial charge in [-0.25, -0.2) is 0 Å². The van der Waals surface area contributed by atoms with E-state index in [0.717, 1.165) is 26.1 Å². The van der Waals surface area contributed by atoms with Gasteiger partial charge in [0, 0.05) is 26.8 Å². The summed E-state index contributed by atoms with van der Waals surface area (Å²) in [6, 6.07) is 0.299. The molecule has 0 saturated heterocycles. The van der Waals surface area contributed by atoms with Crippen molar-refractivity contribution in [1.82, 2.24) is 15.0 Å². The van der Waals surface area contributed by atoms with E-state index in [0.29, 0.717) is 17.9 Å². The normalized spacial score (nSPS) is 11.2. The van der Waals surface area contributed by atoms with Crippen LogP contribution in [0.4, 0.5) is 11.9 Å². The highest BCUT2D eigenvalue weighted by Gasteiger charge is 2.18. The zero-order valence-electron chi connectivity index (χ0n) is 13.0. The Bertz CT molecular complexity index is 412. The van der Waals surface area contributed by atoms with Crippen LogP contribution < -0.4 is 15.4 Å². The van der Waals surface area contributed by atoms with Gasteiger partial charge in [0.2, 0.25) is 11.9 Å². The van der Waals surface area contributed by atoms with Crippen molar-refractivity contribution in [1.29, 1.82) is 0 Å². The Morgan fingerprint density at radius 2 is 1.70 bits per heavy atom. The summed E-state index contributed by atoms with van der Waals surface area (Å²) in [5.74, 6) is 1.02. The zero-order chi connectivity index (χ0) is 15.0. The first kappa shape index (κ1) is 16.4. The fourth-order valence-corrected chi connectivity index (χ4v) is 1.55. The number of nitrogens with zero attached hydrogens (tertiary/aromatic N) is 3. The lowest BCUT2D eigenvalue weighted by Gasteiger charge is -2.24. The first-order valence-electron chi connectivity index (χ1n) is 6.77. The summed E-state index contributed by atoms with van der Waals surface area (Å²) in [7, 11) is 3.25. The minimum absolute atomic E-state index is 0.0915. The second-order valence-corrected chi connectivity index (χ2v) is 5.26. The van der Waals surface area contributed by atoms with Gasteiger partial charge in [0.15, 0.2) is 0 Å². The molecule has 0 saturated carbocycles. The number of hydrogen-bond acceptors (Lipinski definition) is 7. The van der Waals surface area contributed by atoms with Crippen molar-refractivity contribution in [2.45, 2.75) is 27.2 Å². The predicted molar refractivity (Wildman–Crippen MR) is 79.3 cm³/mol. The highest BCUT2D eigenvalue weighted by atomic mass is 16.5. The highest BCUT2D eigenvalue weighted by molar-refractivity contribution is 5.35. The van der Waals surface area contributed by atoms with Gasteiger partial charge in [-0.1, -0.05) is 13.8 Å². The van der Waals surface area contributed by atoms with Crippen LogP contribution >= 0.6 is 0 Å². The van der Waals surface area contributed by atoms with Gasteiger partial charge >= 0.3 is 6.01 Å². The van der Waals surface area contributed by atoms with Crippen molar-refractivity contribution in [2.75, 3.05) is 44.5 Å². The molecule has 2 N–H and O–H groups in total. The maximum atomic E-state index is 5.12. The second kappa shape index (κ2) is 7.84. The van der Waals surface area contributed by atoms with Gasteiger partial charge in [0.1, 0.15) is 0 Å². The minimum atomic E-state index is 0.0915. The summed E-state index contributed by atoms with van der Waals surface area (Å²) in [5, 5.41) is 6.28. The van der Waals surface area contributed by atoms with Gasteiger partial charge < -0.3 is 20.1 Å². The molecule has 0 amide bonds. The maximum absolute atomic E-state index is 5.12. The Balaban J connectivity index is 2.68. The Kier molecular flexibility index (Phi) is 6.44. The van der Waals surface area contributed by atoms with Crippen LogP contribution in [0.1, 0.15) is 27.2 Å². The fourth-order valence-electron chi connectivity index (χ4n) is 1.55. The number of nitrogens with one attached hydrogen (secondary N) is 2. The number of ether oxygens (including phenoxy) is 2. The summed E-state index contributed by atoms with van der Waals surface area (Å²) in [6.45, 7) is 8.54. The summed E-state index contributed by atoms with van der Waals surface area (Å²) in [4.78, 5) is 12.6. The molecule has 0 bridgehead atoms. The van der Waals surface area contributed by atoms with Crippen LogP contribution in [0.2, 0.25) is 0 Å². The van der Waals surface area contributed by atoms with Crippen LogP contribution in [0.5, 0.6) is 6.01 Å². The first-order valence-corrected chi connectivity index (χ1v) is 6.77. The molecule has 20 heavy (non-hydrogen) atoms. The van der Waals surface area contributed by atoms with Crippen molar-refractivity contribution in [3.8, 4) is 6.01 Å². The quantitative estimate of drug-likeness (QED) is 0.715. The fraction of sp³-hybridized carbons (Fsp3) is 0.769. The molecule has 0 aromatic carbocycles. The van der Waals surface area contributed by atoms with Crippen LogP contribution in [-0.2, 0) is 4.74 Å². The SMILES string of the molecule is CCNc1nc(NCC(C)(C)CCOC)nc(OC)n1. The molecule has 1 rings (SSSR count). The van der Waals surface area contributed by atoms with Crippen molar-refractivity contribution in [2.24, 2.45) is 5.41 Å². The molecule has 114 valence electrons. The van der Waals surface area contributed by atoms with Gasteiger partial charge in [0.05, 0.1) is 7.11 Å². The Labute approximate surface area is 120 Å². The number of aromatic nitrogens is 3. The molecule has 0 aliphatic rings. The number of rotatable bonds is 9. The Morgan fingerprint density at radius 1 is 1.05 bits per heavy atom. The van der Waals surface area contributed by atoms with Crippen LogP contribution in [0.3, 0.4) is 0 Å². The summed E-state index contributed by atoms with van der Waals surface area (Å²) >= 11 is 0. The van der Waals surface area contributed by atoms with E-state index in [4.69, 9.17) is 9.47 Å². The van der Waals surface area contributed by atoms with E-state index in [9.17, 15) is 0 Å². The molecule has 0 unspecified atom stereocenters. The molecule has 0 radical (unpaired) electrons. The highest BCUT2D eigenvalue weighted by Crippen LogP contribution is 2.21. The lowest BCUT2D eigenvalue weighted by Crippen LogP contribution is -2.25. The van der Waals surface area contributed by atoms with Crippen LogP contribution in [0, 0.1) is 5.41 Å². The molecule has 1 heterocycles. The Morgan fingerprint density at radius 3 is 2.25 bits per heavy atom. The van der Waals surface area contributed by atoms with Gasteiger partial charge in [-0.2, -0.15) is 15.0 Å². The number of anilines is 2. The van der Waals surface area contributed by atoms with Crippen molar-refractivity contribution < 1.29 is 9.47 Å². The van der Waals surface area contributed by atoms with Crippen LogP contribution in [0.15, 0.2) is 0 Å². The minimum Gasteiger partial charge on any atom is -0.467 e. The molecule has 1 aromatic heterocycles. The third kappa shape index (κ3) is 5.56. The van der Waals surface area contributed by atoms with Crippen molar-refractivity contribution >= 4 is 11.9 Å². The maximum Gasteiger partial charge on any atom is 0.322 e. The average molecular weight is 283 g/mol. The Hall–Kier alpha value is -1.63. The lowest BCUT2D eigenvalue weighted by molar-refractivity contribution is 0.157. The van der Waals surface area contributed by atoms with Crippen molar-refractivity contribution in [3.05, 3.63) is 0 Å². The second-order valence-electron chi connectivity index (χ2n) is 5.26. The third-order valence-corrected chi connectivity index (χ3v) is 2.84. The predicted octanol–water partition coefficient (Wildman–Crippen LogP) is 1.79. The largest absolute Gasteiger partial charge is 0.467 e. The van der Waals surface area contributed by atoms with Crippen LogP contribution in [-0.4, -0.2) is 48.9 Å². The third-order valence-electron chi connectivity index (χ3n) is 2.84. The number of methoxy groups -OCH3 is 2. The monoisotopic (exact) mass is 283 g/mol. The first-order chi connectivity index (χ1) is 9.50. The van der Waals surface area contributed by atoms with E-state index in [2.05, 4.69) is 39.4 Å². The standard InChI is InChI=1S/C13H25N5O2/c1-6-14-10-16-11(18-12(17-10)20-5)15-9-13(2,3)7-8-19-4/h6-9H2,1-5H3,(H2,14,15,16,17,18). The average Bonchev–Trinajstić information content (AvgIpc) is 2.43. The van der Waals surface area contributed by atoms with Gasteiger partial charge in [0.25, 0.3) is 0 Å². The summed E-state index contributed by atoms with van der Waals surface area (Å²) in [5.41, 5.74) is 0.0915. The van der Waals surface area contributed by atoms with Gasteiger partial charge in [-0.15, -0.1) is 0 Å². The molecular formula is C13H25N5O2. The molecule has 0 atom stereocenters. The topological polar surface area (TPSA) is 81.2 Å². The molecule has 0 aliphatic heterocycles. The van der Waals surface area contributed by atoms with E-state index in [1.807, 2.05) is 6.92 Å². The molecule has 1 aromatic rings. The lowest BCUT2D eigenvalue weighted by atomic mass is 9.90. The van der Waals surface area contributed by atoms with E-state index in [-0.39, 0.29) is 5.41 Å². The molecule has 0 aliphatic carbocycles. The summed E-state index contributed by atoms with van der Waals surface area (Å²) < 4.78 is 10.2. The van der Waals surface area contributed by atoms with Crippen molar-refractivity contribution in [3.63, 3.8) is 0 Å². The van der Waals surface area contributed by atoms with Gasteiger partial charge in [-0.05, 0) is 18.8 Å². The molecular weight excluding hydrogens is 258 g/mol. The van der Waals surface area contributed by atoms with E-state index < -0.39 is 0 Å². The number of hydrogen-bond donors (Lipinski definition) is 2. The summed E-state index contributed by atoms with van der Waals surface area (Å²) in [6.07, 6.45) is 0.957. The zero-order valence-corrected chi connectivity index (χ0v) is 13.0. The van der Waals surface area contributed by atoms with Crippen LogP contribution in [0.25, 0.3) is 0 Å². The van der Waals surface area contributed by atoms with E-state index in [1.54, 1.807) is 7.11 Å². The molecule has 7 nitrogen and oxygen atoms in total. The molecule has 0 fully saturated rings. The van der Waals surface area contributed by atoms with E-state index in [1.165, 1.54) is 7.11 Å². The molecule has 0 spiro atoms.